The lowest BCUT2D eigenvalue weighted by Crippen LogP contribution is -2.23. The number of nitrogens with zero attached hydrogens (tertiary/aromatic N) is 3. The molecule has 0 radical (unpaired) electrons. The van der Waals surface area contributed by atoms with E-state index in [0.717, 1.165) is 35.0 Å². The highest BCUT2D eigenvalue weighted by atomic mass is 79.9. The number of carbonyl (C=O) groups excluding carboxylic acids is 1. The fraction of sp³-hybridized carbons (Fsp3) is 0.350. The molecule has 1 N–H and O–H groups in total. The predicted molar refractivity (Wildman–Crippen MR) is 106 cm³/mol. The highest BCUT2D eigenvalue weighted by Gasteiger charge is 2.22. The summed E-state index contributed by atoms with van der Waals surface area (Å²) in [6.45, 7) is 2.62. The number of benzene rings is 1. The number of fused-ring (bicyclic) bond motifs is 3. The van der Waals surface area contributed by atoms with Crippen LogP contribution in [0.2, 0.25) is 0 Å². The largest absolute Gasteiger partial charge is 0.496 e. The van der Waals surface area contributed by atoms with Crippen molar-refractivity contribution in [1.29, 1.82) is 0 Å². The van der Waals surface area contributed by atoms with Gasteiger partial charge in [-0.25, -0.2) is 9.50 Å². The van der Waals surface area contributed by atoms with Gasteiger partial charge in [-0.3, -0.25) is 4.79 Å². The van der Waals surface area contributed by atoms with Gasteiger partial charge in [-0.15, -0.1) is 0 Å². The number of aryl methyl sites for hydroxylation is 1. The number of ether oxygens (including phenoxy) is 1. The number of methoxy groups -OCH3 is 1. The SMILES string of the molecule is COc1ccc(Br)cc1CNC(=O)c1cnn2c3c(cnc12)CC(C)CC3. The Balaban J connectivity index is 1.58. The van der Waals surface area contributed by atoms with Crippen LogP contribution in [0.25, 0.3) is 5.65 Å². The summed E-state index contributed by atoms with van der Waals surface area (Å²) in [5.74, 6) is 1.21. The second-order valence-electron chi connectivity index (χ2n) is 7.01. The lowest BCUT2D eigenvalue weighted by atomic mass is 9.89. The summed E-state index contributed by atoms with van der Waals surface area (Å²) in [6.07, 6.45) is 6.62. The second kappa shape index (κ2) is 7.31. The monoisotopic (exact) mass is 428 g/mol. The first-order valence-corrected chi connectivity index (χ1v) is 9.81. The third-order valence-electron chi connectivity index (χ3n) is 5.08. The molecule has 6 nitrogen and oxygen atoms in total. The fourth-order valence-corrected chi connectivity index (χ4v) is 4.04. The van der Waals surface area contributed by atoms with Crippen molar-refractivity contribution in [3.05, 3.63) is 57.4 Å². The van der Waals surface area contributed by atoms with Crippen molar-refractivity contribution in [2.24, 2.45) is 5.92 Å². The number of hydrogen-bond donors (Lipinski definition) is 1. The van der Waals surface area contributed by atoms with Crippen LogP contribution in [-0.4, -0.2) is 27.6 Å². The molecule has 0 aliphatic heterocycles. The summed E-state index contributed by atoms with van der Waals surface area (Å²) >= 11 is 3.45. The van der Waals surface area contributed by atoms with E-state index in [2.05, 4.69) is 38.3 Å². The van der Waals surface area contributed by atoms with Crippen LogP contribution >= 0.6 is 15.9 Å². The number of rotatable bonds is 4. The molecule has 0 bridgehead atoms. The molecule has 0 fully saturated rings. The van der Waals surface area contributed by atoms with Crippen LogP contribution < -0.4 is 10.1 Å². The van der Waals surface area contributed by atoms with E-state index in [1.807, 2.05) is 28.9 Å². The Morgan fingerprint density at radius 2 is 2.26 bits per heavy atom. The molecule has 2 heterocycles. The van der Waals surface area contributed by atoms with Gasteiger partial charge in [0.25, 0.3) is 5.91 Å². The van der Waals surface area contributed by atoms with E-state index in [1.54, 1.807) is 13.3 Å². The Labute approximate surface area is 166 Å². The number of nitrogens with one attached hydrogen (secondary N) is 1. The van der Waals surface area contributed by atoms with Gasteiger partial charge in [-0.2, -0.15) is 5.10 Å². The molecule has 1 atom stereocenters. The van der Waals surface area contributed by atoms with Gasteiger partial charge in [0.1, 0.15) is 11.3 Å². The lowest BCUT2D eigenvalue weighted by molar-refractivity contribution is 0.0952. The molecule has 0 saturated carbocycles. The Morgan fingerprint density at radius 1 is 1.41 bits per heavy atom. The third kappa shape index (κ3) is 3.43. The standard InChI is InChI=1S/C20H21BrN4O2/c1-12-3-5-17-13(7-12)9-22-19-16(11-24-25(17)19)20(26)23-10-14-8-15(21)4-6-18(14)27-2/h4,6,8-9,11-12H,3,5,7,10H2,1-2H3,(H,23,26). The van der Waals surface area contributed by atoms with Gasteiger partial charge in [-0.1, -0.05) is 22.9 Å². The van der Waals surface area contributed by atoms with Crippen LogP contribution in [0, 0.1) is 5.92 Å². The fourth-order valence-electron chi connectivity index (χ4n) is 3.63. The van der Waals surface area contributed by atoms with Crippen LogP contribution in [0.3, 0.4) is 0 Å². The molecule has 1 aliphatic rings. The molecule has 1 amide bonds. The summed E-state index contributed by atoms with van der Waals surface area (Å²) in [7, 11) is 1.62. The number of carbonyl (C=O) groups is 1. The van der Waals surface area contributed by atoms with E-state index in [-0.39, 0.29) is 5.91 Å². The minimum absolute atomic E-state index is 0.191. The molecule has 140 valence electrons. The van der Waals surface area contributed by atoms with Crippen molar-refractivity contribution in [1.82, 2.24) is 19.9 Å². The Morgan fingerprint density at radius 3 is 3.07 bits per heavy atom. The zero-order valence-corrected chi connectivity index (χ0v) is 16.9. The molecule has 0 spiro atoms. The third-order valence-corrected chi connectivity index (χ3v) is 5.57. The molecule has 0 saturated heterocycles. The maximum atomic E-state index is 12.7. The molecule has 2 aromatic heterocycles. The van der Waals surface area contributed by atoms with Crippen LogP contribution in [-0.2, 0) is 19.4 Å². The van der Waals surface area contributed by atoms with Crippen LogP contribution in [0.4, 0.5) is 0 Å². The molecule has 27 heavy (non-hydrogen) atoms. The minimum Gasteiger partial charge on any atom is -0.496 e. The number of aromatic nitrogens is 3. The first-order chi connectivity index (χ1) is 13.1. The summed E-state index contributed by atoms with van der Waals surface area (Å²) in [5.41, 5.74) is 4.41. The van der Waals surface area contributed by atoms with Gasteiger partial charge < -0.3 is 10.1 Å². The van der Waals surface area contributed by atoms with Crippen LogP contribution in [0.5, 0.6) is 5.75 Å². The highest BCUT2D eigenvalue weighted by Crippen LogP contribution is 2.26. The average Bonchev–Trinajstić information content (AvgIpc) is 3.10. The molecule has 3 aromatic rings. The summed E-state index contributed by atoms with van der Waals surface area (Å²) < 4.78 is 8.13. The van der Waals surface area contributed by atoms with Crippen molar-refractivity contribution in [3.63, 3.8) is 0 Å². The molecule has 1 unspecified atom stereocenters. The molecule has 7 heteroatoms. The summed E-state index contributed by atoms with van der Waals surface area (Å²) in [4.78, 5) is 17.3. The van der Waals surface area contributed by atoms with Gasteiger partial charge in [-0.05, 0) is 48.9 Å². The van der Waals surface area contributed by atoms with E-state index in [9.17, 15) is 4.79 Å². The van der Waals surface area contributed by atoms with Crippen molar-refractivity contribution >= 4 is 27.5 Å². The van der Waals surface area contributed by atoms with Crippen molar-refractivity contribution in [2.45, 2.75) is 32.7 Å². The predicted octanol–water partition coefficient (Wildman–Crippen LogP) is 3.56. The first-order valence-electron chi connectivity index (χ1n) is 9.02. The molecular weight excluding hydrogens is 408 g/mol. The van der Waals surface area contributed by atoms with Gasteiger partial charge in [0.05, 0.1) is 13.3 Å². The summed E-state index contributed by atoms with van der Waals surface area (Å²) in [6, 6.07) is 5.71. The maximum absolute atomic E-state index is 12.7. The molecular formula is C20H21BrN4O2. The molecule has 4 rings (SSSR count). The van der Waals surface area contributed by atoms with Crippen LogP contribution in [0.15, 0.2) is 35.1 Å². The van der Waals surface area contributed by atoms with E-state index >= 15 is 0 Å². The van der Waals surface area contributed by atoms with Gasteiger partial charge in [0, 0.05) is 28.5 Å². The topological polar surface area (TPSA) is 68.5 Å². The van der Waals surface area contributed by atoms with E-state index in [0.29, 0.717) is 23.7 Å². The number of halogens is 1. The summed E-state index contributed by atoms with van der Waals surface area (Å²) in [5, 5.41) is 7.39. The van der Waals surface area contributed by atoms with E-state index in [4.69, 9.17) is 4.74 Å². The van der Waals surface area contributed by atoms with Crippen molar-refractivity contribution in [2.75, 3.05) is 7.11 Å². The smallest absolute Gasteiger partial charge is 0.257 e. The van der Waals surface area contributed by atoms with Gasteiger partial charge >= 0.3 is 0 Å². The van der Waals surface area contributed by atoms with Gasteiger partial charge in [0.15, 0.2) is 5.65 Å². The molecule has 1 aromatic carbocycles. The quantitative estimate of drug-likeness (QED) is 0.689. The van der Waals surface area contributed by atoms with Crippen molar-refractivity contribution in [3.8, 4) is 5.75 Å². The Kier molecular flexibility index (Phi) is 4.86. The average molecular weight is 429 g/mol. The lowest BCUT2D eigenvalue weighted by Gasteiger charge is -2.21. The van der Waals surface area contributed by atoms with Crippen molar-refractivity contribution < 1.29 is 9.53 Å². The van der Waals surface area contributed by atoms with Crippen LogP contribution in [0.1, 0.15) is 40.5 Å². The number of hydrogen-bond acceptors (Lipinski definition) is 4. The zero-order chi connectivity index (χ0) is 19.0. The van der Waals surface area contributed by atoms with E-state index < -0.39 is 0 Å². The first kappa shape index (κ1) is 18.0. The minimum atomic E-state index is -0.191. The Hall–Kier alpha value is -2.41. The number of amides is 1. The second-order valence-corrected chi connectivity index (χ2v) is 7.93. The van der Waals surface area contributed by atoms with Gasteiger partial charge in [0.2, 0.25) is 0 Å². The molecule has 1 aliphatic carbocycles. The maximum Gasteiger partial charge on any atom is 0.257 e. The highest BCUT2D eigenvalue weighted by molar-refractivity contribution is 9.10. The Bertz CT molecular complexity index is 1010. The van der Waals surface area contributed by atoms with E-state index in [1.165, 1.54) is 11.3 Å². The zero-order valence-electron chi connectivity index (χ0n) is 15.3. The normalized spacial score (nSPS) is 16.2.